The Kier molecular flexibility index (Phi) is 7.21. The average molecular weight is 439 g/mol. The number of methoxy groups -OCH3 is 1. The average Bonchev–Trinajstić information content (AvgIpc) is 2.69. The van der Waals surface area contributed by atoms with E-state index in [1.54, 1.807) is 0 Å². The van der Waals surface area contributed by atoms with Crippen molar-refractivity contribution in [3.8, 4) is 0 Å². The van der Waals surface area contributed by atoms with Crippen LogP contribution in [0.15, 0.2) is 36.4 Å². The van der Waals surface area contributed by atoms with E-state index in [2.05, 4.69) is 10.1 Å². The van der Waals surface area contributed by atoms with Crippen molar-refractivity contribution in [2.75, 3.05) is 12.4 Å². The number of carbonyl (C=O) groups excluding carboxylic acids is 3. The van der Waals surface area contributed by atoms with Crippen LogP contribution in [0.5, 0.6) is 0 Å². The topological polar surface area (TPSA) is 122 Å². The third-order valence-corrected chi connectivity index (χ3v) is 3.94. The predicted octanol–water partition coefficient (Wildman–Crippen LogP) is 3.46. The van der Waals surface area contributed by atoms with Gasteiger partial charge in [0.2, 0.25) is 0 Å². The van der Waals surface area contributed by atoms with Crippen molar-refractivity contribution >= 4 is 47.2 Å². The number of rotatable bonds is 5. The highest BCUT2D eigenvalue weighted by molar-refractivity contribution is 6.34. The molecule has 0 fully saturated rings. The van der Waals surface area contributed by atoms with Crippen molar-refractivity contribution in [2.24, 2.45) is 0 Å². The number of carboxylic acids is 1. The first-order valence-electron chi connectivity index (χ1n) is 8.02. The molecule has 2 rings (SSSR count). The standard InChI is InChI=1S/C19H13ClF2N2O6/c1-30-16(25)5-3-9-6-10(18(27)28)2-4-15(9)23-19(29)24-17(26)11-7-13(21)14(22)8-12(11)20/h2-8H,1H3,(H,27,28)(H2,23,24,26,29)/b5-3+. The number of halogens is 3. The monoisotopic (exact) mass is 438 g/mol. The Morgan fingerprint density at radius 2 is 1.77 bits per heavy atom. The summed E-state index contributed by atoms with van der Waals surface area (Å²) < 4.78 is 30.9. The molecule has 0 unspecified atom stereocenters. The second kappa shape index (κ2) is 9.61. The number of hydrogen-bond acceptors (Lipinski definition) is 5. The van der Waals surface area contributed by atoms with E-state index in [1.165, 1.54) is 24.3 Å². The molecule has 0 heterocycles. The van der Waals surface area contributed by atoms with Crippen LogP contribution in [0.25, 0.3) is 6.08 Å². The van der Waals surface area contributed by atoms with Crippen molar-refractivity contribution < 1.29 is 37.8 Å². The van der Waals surface area contributed by atoms with Crippen molar-refractivity contribution in [1.82, 2.24) is 5.32 Å². The van der Waals surface area contributed by atoms with Crippen LogP contribution in [-0.2, 0) is 9.53 Å². The SMILES string of the molecule is COC(=O)/C=C/c1cc(C(=O)O)ccc1NC(=O)NC(=O)c1cc(F)c(F)cc1Cl. The van der Waals surface area contributed by atoms with E-state index < -0.39 is 46.1 Å². The molecule has 0 saturated heterocycles. The van der Waals surface area contributed by atoms with Crippen LogP contribution in [0, 0.1) is 11.6 Å². The van der Waals surface area contributed by atoms with E-state index in [9.17, 15) is 28.0 Å². The van der Waals surface area contributed by atoms with Crippen LogP contribution in [0.3, 0.4) is 0 Å². The lowest BCUT2D eigenvalue weighted by Crippen LogP contribution is -2.34. The van der Waals surface area contributed by atoms with Gasteiger partial charge in [0.15, 0.2) is 11.6 Å². The molecule has 3 N–H and O–H groups in total. The molecule has 11 heteroatoms. The number of benzene rings is 2. The Hall–Kier alpha value is -3.79. The molecule has 0 radical (unpaired) electrons. The van der Waals surface area contributed by atoms with Gasteiger partial charge >= 0.3 is 18.0 Å². The molecule has 2 aromatic carbocycles. The fraction of sp³-hybridized carbons (Fsp3) is 0.0526. The lowest BCUT2D eigenvalue weighted by atomic mass is 10.1. The van der Waals surface area contributed by atoms with Crippen LogP contribution in [0.1, 0.15) is 26.3 Å². The van der Waals surface area contributed by atoms with Crippen LogP contribution in [0.4, 0.5) is 19.3 Å². The van der Waals surface area contributed by atoms with E-state index >= 15 is 0 Å². The number of imide groups is 1. The van der Waals surface area contributed by atoms with Gasteiger partial charge in [-0.2, -0.15) is 0 Å². The lowest BCUT2D eigenvalue weighted by Gasteiger charge is -2.11. The summed E-state index contributed by atoms with van der Waals surface area (Å²) in [7, 11) is 1.14. The predicted molar refractivity (Wildman–Crippen MR) is 102 cm³/mol. The summed E-state index contributed by atoms with van der Waals surface area (Å²) in [6.07, 6.45) is 2.19. The molecule has 2 aromatic rings. The van der Waals surface area contributed by atoms with Crippen molar-refractivity contribution in [3.63, 3.8) is 0 Å². The van der Waals surface area contributed by atoms with Gasteiger partial charge in [-0.15, -0.1) is 0 Å². The summed E-state index contributed by atoms with van der Waals surface area (Å²) in [5.74, 6) is -5.67. The maximum absolute atomic E-state index is 13.3. The summed E-state index contributed by atoms with van der Waals surface area (Å²) >= 11 is 5.69. The summed E-state index contributed by atoms with van der Waals surface area (Å²) in [4.78, 5) is 46.7. The fourth-order valence-corrected chi connectivity index (χ4v) is 2.43. The highest BCUT2D eigenvalue weighted by atomic mass is 35.5. The Labute approximate surface area is 173 Å². The zero-order valence-electron chi connectivity index (χ0n) is 15.2. The number of aromatic carboxylic acids is 1. The van der Waals surface area contributed by atoms with Gasteiger partial charge in [-0.25, -0.2) is 23.2 Å². The number of esters is 1. The molecule has 156 valence electrons. The highest BCUT2D eigenvalue weighted by Crippen LogP contribution is 2.21. The van der Waals surface area contributed by atoms with Gasteiger partial charge in [0.05, 0.1) is 23.3 Å². The van der Waals surface area contributed by atoms with E-state index in [1.807, 2.05) is 5.32 Å². The molecule has 3 amide bonds. The van der Waals surface area contributed by atoms with Crippen molar-refractivity contribution in [1.29, 1.82) is 0 Å². The minimum absolute atomic E-state index is 0.0434. The Morgan fingerprint density at radius 3 is 2.40 bits per heavy atom. The molecular formula is C19H13ClF2N2O6. The van der Waals surface area contributed by atoms with Crippen molar-refractivity contribution in [2.45, 2.75) is 0 Å². The zero-order valence-corrected chi connectivity index (χ0v) is 15.9. The third-order valence-electron chi connectivity index (χ3n) is 3.63. The Bertz CT molecular complexity index is 1070. The molecule has 0 aliphatic carbocycles. The van der Waals surface area contributed by atoms with E-state index in [-0.39, 0.29) is 16.8 Å². The molecule has 0 saturated carbocycles. The lowest BCUT2D eigenvalue weighted by molar-refractivity contribution is -0.134. The van der Waals surface area contributed by atoms with Gasteiger partial charge < -0.3 is 15.2 Å². The first kappa shape index (κ1) is 22.5. The Morgan fingerprint density at radius 1 is 1.10 bits per heavy atom. The van der Waals surface area contributed by atoms with E-state index in [0.717, 1.165) is 13.2 Å². The molecule has 0 aliphatic heterocycles. The maximum Gasteiger partial charge on any atom is 0.335 e. The minimum atomic E-state index is -1.33. The van der Waals surface area contributed by atoms with Gasteiger partial charge in [0.25, 0.3) is 5.91 Å². The van der Waals surface area contributed by atoms with Gasteiger partial charge in [0, 0.05) is 11.8 Å². The summed E-state index contributed by atoms with van der Waals surface area (Å²) in [6, 6.07) is 3.63. The number of hydrogen-bond donors (Lipinski definition) is 3. The van der Waals surface area contributed by atoms with Crippen LogP contribution in [0.2, 0.25) is 5.02 Å². The largest absolute Gasteiger partial charge is 0.478 e. The van der Waals surface area contributed by atoms with Crippen molar-refractivity contribution in [3.05, 3.63) is 69.8 Å². The summed E-state index contributed by atoms with van der Waals surface area (Å²) in [5, 5.41) is 12.8. The molecule has 0 aliphatic rings. The molecule has 0 aromatic heterocycles. The van der Waals surface area contributed by atoms with Gasteiger partial charge in [0.1, 0.15) is 0 Å². The number of amides is 3. The minimum Gasteiger partial charge on any atom is -0.478 e. The molecule has 30 heavy (non-hydrogen) atoms. The zero-order chi connectivity index (χ0) is 22.4. The van der Waals surface area contributed by atoms with Gasteiger partial charge in [-0.05, 0) is 42.0 Å². The number of carbonyl (C=O) groups is 4. The third kappa shape index (κ3) is 5.61. The number of ether oxygens (including phenoxy) is 1. The second-order valence-electron chi connectivity index (χ2n) is 5.62. The molecule has 0 atom stereocenters. The van der Waals surface area contributed by atoms with Crippen LogP contribution in [-0.4, -0.2) is 36.1 Å². The second-order valence-corrected chi connectivity index (χ2v) is 6.03. The summed E-state index contributed by atoms with van der Waals surface area (Å²) in [6.45, 7) is 0. The first-order valence-corrected chi connectivity index (χ1v) is 8.40. The summed E-state index contributed by atoms with van der Waals surface area (Å²) in [5.41, 5.74) is -0.441. The first-order chi connectivity index (χ1) is 14.1. The van der Waals surface area contributed by atoms with Crippen LogP contribution >= 0.6 is 11.6 Å². The number of carboxylic acid groups (broad SMARTS) is 1. The number of urea groups is 1. The van der Waals surface area contributed by atoms with E-state index in [0.29, 0.717) is 12.1 Å². The smallest absolute Gasteiger partial charge is 0.335 e. The molecule has 0 spiro atoms. The van der Waals surface area contributed by atoms with Gasteiger partial charge in [-0.1, -0.05) is 11.6 Å². The maximum atomic E-state index is 13.3. The van der Waals surface area contributed by atoms with E-state index in [4.69, 9.17) is 16.7 Å². The molecular weight excluding hydrogens is 426 g/mol. The van der Waals surface area contributed by atoms with Crippen LogP contribution < -0.4 is 10.6 Å². The fourth-order valence-electron chi connectivity index (χ4n) is 2.19. The normalized spacial score (nSPS) is 10.5. The van der Waals surface area contributed by atoms with Gasteiger partial charge in [-0.3, -0.25) is 10.1 Å². The molecule has 8 nitrogen and oxygen atoms in total. The highest BCUT2D eigenvalue weighted by Gasteiger charge is 2.18. The number of anilines is 1. The number of nitrogens with one attached hydrogen (secondary N) is 2. The molecule has 0 bridgehead atoms. The quantitative estimate of drug-likeness (QED) is 0.373. The Balaban J connectivity index is 2.24.